The van der Waals surface area contributed by atoms with Gasteiger partial charge in [0.05, 0.1) is 26.4 Å². The number of benzene rings is 2. The molecule has 0 aromatic heterocycles. The number of hydrogen-bond acceptors (Lipinski definition) is 8. The molecule has 0 amide bonds. The Morgan fingerprint density at radius 1 is 0.393 bits per heavy atom. The van der Waals surface area contributed by atoms with Gasteiger partial charge in [-0.05, 0) is 48.5 Å². The van der Waals surface area contributed by atoms with E-state index >= 15 is 0 Å². The predicted octanol–water partition coefficient (Wildman–Crippen LogP) is 0.858. The van der Waals surface area contributed by atoms with Crippen molar-refractivity contribution < 1.29 is 39.4 Å². The monoisotopic (exact) mass is 396 g/mol. The van der Waals surface area contributed by atoms with Crippen molar-refractivity contribution in [2.75, 3.05) is 52.9 Å². The molecule has 0 saturated carbocycles. The molecule has 0 bridgehead atoms. The van der Waals surface area contributed by atoms with E-state index < -0.39 is 0 Å². The Balaban J connectivity index is 0.000000280. The van der Waals surface area contributed by atoms with Crippen LogP contribution in [-0.2, 0) is 0 Å². The quantitative estimate of drug-likeness (QED) is 0.417. The summed E-state index contributed by atoms with van der Waals surface area (Å²) in [6, 6.07) is 14.0. The lowest BCUT2D eigenvalue weighted by molar-refractivity contribution is 0.198. The molecule has 0 unspecified atom stereocenters. The summed E-state index contributed by atoms with van der Waals surface area (Å²) in [7, 11) is 0. The molecule has 0 aliphatic carbocycles. The third-order valence-corrected chi connectivity index (χ3v) is 3.09. The number of rotatable bonds is 12. The summed E-state index contributed by atoms with van der Waals surface area (Å²) >= 11 is 0. The van der Waals surface area contributed by atoms with E-state index in [0.29, 0.717) is 23.0 Å². The van der Waals surface area contributed by atoms with Crippen LogP contribution in [0.5, 0.6) is 23.0 Å². The van der Waals surface area contributed by atoms with Crippen LogP contribution in [0.1, 0.15) is 0 Å². The summed E-state index contributed by atoms with van der Waals surface area (Å²) in [5.74, 6) is 2.76. The van der Waals surface area contributed by atoms with Crippen LogP contribution in [0.2, 0.25) is 0 Å². The lowest BCUT2D eigenvalue weighted by Gasteiger charge is -2.06. The molecule has 8 heteroatoms. The number of hydrogen-bond donors (Lipinski definition) is 4. The summed E-state index contributed by atoms with van der Waals surface area (Å²) in [5, 5.41) is 34.1. The van der Waals surface area contributed by atoms with E-state index in [9.17, 15) is 0 Å². The van der Waals surface area contributed by atoms with Crippen LogP contribution in [0.15, 0.2) is 48.5 Å². The number of aliphatic hydroxyl groups excluding tert-OH is 4. The molecule has 4 N–H and O–H groups in total. The van der Waals surface area contributed by atoms with Crippen LogP contribution in [0.4, 0.5) is 0 Å². The Morgan fingerprint density at radius 2 is 0.571 bits per heavy atom. The molecular weight excluding hydrogens is 368 g/mol. The molecule has 0 aliphatic heterocycles. The minimum atomic E-state index is 0.00274. The zero-order chi connectivity index (χ0) is 20.5. The van der Waals surface area contributed by atoms with Crippen molar-refractivity contribution in [1.82, 2.24) is 0 Å². The topological polar surface area (TPSA) is 118 Å². The van der Waals surface area contributed by atoms with E-state index in [1.54, 1.807) is 48.5 Å². The van der Waals surface area contributed by atoms with Crippen molar-refractivity contribution >= 4 is 0 Å². The zero-order valence-electron chi connectivity index (χ0n) is 15.7. The van der Waals surface area contributed by atoms with Gasteiger partial charge in [-0.1, -0.05) is 0 Å². The van der Waals surface area contributed by atoms with Crippen molar-refractivity contribution in [3.05, 3.63) is 48.5 Å². The van der Waals surface area contributed by atoms with Crippen molar-refractivity contribution in [1.29, 1.82) is 0 Å². The molecule has 28 heavy (non-hydrogen) atoms. The van der Waals surface area contributed by atoms with Gasteiger partial charge in [0.25, 0.3) is 0 Å². The Kier molecular flexibility index (Phi) is 13.0. The van der Waals surface area contributed by atoms with Crippen molar-refractivity contribution in [2.45, 2.75) is 0 Å². The van der Waals surface area contributed by atoms with Gasteiger partial charge < -0.3 is 39.4 Å². The molecule has 0 aliphatic rings. The number of ether oxygens (including phenoxy) is 4. The first-order valence-electron chi connectivity index (χ1n) is 8.88. The molecule has 2 aromatic carbocycles. The minimum absolute atomic E-state index is 0.00274. The maximum Gasteiger partial charge on any atom is 0.119 e. The van der Waals surface area contributed by atoms with Gasteiger partial charge in [0, 0.05) is 0 Å². The van der Waals surface area contributed by atoms with Crippen LogP contribution in [-0.4, -0.2) is 73.3 Å². The first-order valence-corrected chi connectivity index (χ1v) is 8.88. The van der Waals surface area contributed by atoms with E-state index in [1.807, 2.05) is 0 Å². The second kappa shape index (κ2) is 15.5. The highest BCUT2D eigenvalue weighted by Crippen LogP contribution is 2.18. The van der Waals surface area contributed by atoms with E-state index in [-0.39, 0.29) is 52.9 Å². The zero-order valence-corrected chi connectivity index (χ0v) is 15.7. The van der Waals surface area contributed by atoms with Gasteiger partial charge in [-0.15, -0.1) is 0 Å². The highest BCUT2D eigenvalue weighted by atomic mass is 16.5. The second-order valence-corrected chi connectivity index (χ2v) is 5.23. The number of aliphatic hydroxyl groups is 4. The van der Waals surface area contributed by atoms with E-state index in [0.717, 1.165) is 0 Å². The van der Waals surface area contributed by atoms with Crippen LogP contribution in [0.3, 0.4) is 0 Å². The van der Waals surface area contributed by atoms with Gasteiger partial charge in [0.2, 0.25) is 0 Å². The average molecular weight is 396 g/mol. The van der Waals surface area contributed by atoms with Gasteiger partial charge in [-0.3, -0.25) is 0 Å². The molecular formula is C20H28O8. The molecule has 0 radical (unpaired) electrons. The smallest absolute Gasteiger partial charge is 0.119 e. The van der Waals surface area contributed by atoms with Crippen molar-refractivity contribution in [3.8, 4) is 23.0 Å². The molecule has 2 aromatic rings. The third kappa shape index (κ3) is 10.6. The van der Waals surface area contributed by atoms with Crippen LogP contribution >= 0.6 is 0 Å². The van der Waals surface area contributed by atoms with Crippen molar-refractivity contribution in [3.63, 3.8) is 0 Å². The van der Waals surface area contributed by atoms with Gasteiger partial charge in [0.1, 0.15) is 49.4 Å². The van der Waals surface area contributed by atoms with E-state index in [1.165, 1.54) is 0 Å². The standard InChI is InChI=1S/2C10H14O4/c2*11-5-7-13-9-1-2-10(4-3-9)14-8-6-12/h2*1-4,11-12H,5-8H2. The van der Waals surface area contributed by atoms with Gasteiger partial charge in [-0.2, -0.15) is 0 Å². The molecule has 0 spiro atoms. The van der Waals surface area contributed by atoms with Gasteiger partial charge in [0.15, 0.2) is 0 Å². The SMILES string of the molecule is OCCOc1ccc(OCCO)cc1.OCCOc1ccc(OCCO)cc1. The van der Waals surface area contributed by atoms with Crippen LogP contribution < -0.4 is 18.9 Å². The first-order chi connectivity index (χ1) is 13.7. The fraction of sp³-hybridized carbons (Fsp3) is 0.400. The average Bonchev–Trinajstić information content (AvgIpc) is 2.75. The maximum atomic E-state index is 8.52. The summed E-state index contributed by atoms with van der Waals surface area (Å²) < 4.78 is 20.6. The summed E-state index contributed by atoms with van der Waals surface area (Å²) in [6.07, 6.45) is 0. The Morgan fingerprint density at radius 3 is 0.714 bits per heavy atom. The predicted molar refractivity (Wildman–Crippen MR) is 103 cm³/mol. The second-order valence-electron chi connectivity index (χ2n) is 5.23. The summed E-state index contributed by atoms with van der Waals surface area (Å²) in [4.78, 5) is 0. The lowest BCUT2D eigenvalue weighted by Crippen LogP contribution is -2.03. The molecule has 0 heterocycles. The van der Waals surface area contributed by atoms with Crippen LogP contribution in [0, 0.1) is 0 Å². The summed E-state index contributed by atoms with van der Waals surface area (Å²) in [6.45, 7) is 1.17. The fourth-order valence-corrected chi connectivity index (χ4v) is 1.92. The largest absolute Gasteiger partial charge is 0.491 e. The molecule has 156 valence electrons. The van der Waals surface area contributed by atoms with Gasteiger partial charge >= 0.3 is 0 Å². The summed E-state index contributed by atoms with van der Waals surface area (Å²) in [5.41, 5.74) is 0. The normalized spacial score (nSPS) is 9.86. The molecule has 0 saturated heterocycles. The highest BCUT2D eigenvalue weighted by Gasteiger charge is 1.96. The third-order valence-electron chi connectivity index (χ3n) is 3.09. The molecule has 8 nitrogen and oxygen atoms in total. The van der Waals surface area contributed by atoms with Gasteiger partial charge in [-0.25, -0.2) is 0 Å². The fourth-order valence-electron chi connectivity index (χ4n) is 1.92. The lowest BCUT2D eigenvalue weighted by atomic mass is 10.3. The van der Waals surface area contributed by atoms with Crippen molar-refractivity contribution in [2.24, 2.45) is 0 Å². The van der Waals surface area contributed by atoms with E-state index in [4.69, 9.17) is 39.4 Å². The molecule has 0 atom stereocenters. The minimum Gasteiger partial charge on any atom is -0.491 e. The maximum absolute atomic E-state index is 8.52. The Labute approximate surface area is 164 Å². The Bertz CT molecular complexity index is 491. The molecule has 0 fully saturated rings. The van der Waals surface area contributed by atoms with E-state index in [2.05, 4.69) is 0 Å². The Hall–Kier alpha value is -2.52. The van der Waals surface area contributed by atoms with Crippen LogP contribution in [0.25, 0.3) is 0 Å². The highest BCUT2D eigenvalue weighted by molar-refractivity contribution is 5.31. The first kappa shape index (κ1) is 23.5. The molecule has 2 rings (SSSR count).